The summed E-state index contributed by atoms with van der Waals surface area (Å²) in [5.41, 5.74) is -0.853. The fourth-order valence-corrected chi connectivity index (χ4v) is 4.20. The van der Waals surface area contributed by atoms with E-state index >= 15 is 0 Å². The molecule has 0 spiro atoms. The number of hydrogen-bond acceptors (Lipinski definition) is 3. The first-order chi connectivity index (χ1) is 14.7. The smallest absolute Gasteiger partial charge is 0.321 e. The molecule has 3 amide bonds. The van der Waals surface area contributed by atoms with Crippen LogP contribution in [0.2, 0.25) is 0 Å². The van der Waals surface area contributed by atoms with Gasteiger partial charge in [-0.15, -0.1) is 0 Å². The number of nitrogens with zero attached hydrogens (tertiary/aromatic N) is 1. The van der Waals surface area contributed by atoms with E-state index in [0.717, 1.165) is 11.0 Å². The number of anilines is 2. The summed E-state index contributed by atoms with van der Waals surface area (Å²) in [6, 6.07) is 10.4. The van der Waals surface area contributed by atoms with Gasteiger partial charge in [0, 0.05) is 5.56 Å². The largest absolute Gasteiger partial charge is 0.418 e. The number of allylic oxidation sites excluding steroid dienone is 2. The molecule has 1 N–H and O–H groups in total. The van der Waals surface area contributed by atoms with Crippen molar-refractivity contribution in [1.82, 2.24) is 0 Å². The third-order valence-corrected chi connectivity index (χ3v) is 5.74. The van der Waals surface area contributed by atoms with E-state index in [-0.39, 0.29) is 29.0 Å². The minimum Gasteiger partial charge on any atom is -0.321 e. The Kier molecular flexibility index (Phi) is 5.16. The average molecular weight is 428 g/mol. The molecule has 160 valence electrons. The molecule has 1 heterocycles. The molecule has 2 aliphatic rings. The number of carbonyl (C=O) groups excluding carboxylic acids is 3. The van der Waals surface area contributed by atoms with Crippen molar-refractivity contribution in [3.63, 3.8) is 0 Å². The number of alkyl halides is 3. The molecule has 4 rings (SSSR count). The maximum atomic E-state index is 13.1. The van der Waals surface area contributed by atoms with Crippen LogP contribution in [0.3, 0.4) is 0 Å². The van der Waals surface area contributed by atoms with Crippen molar-refractivity contribution < 1.29 is 27.6 Å². The number of benzene rings is 2. The van der Waals surface area contributed by atoms with Crippen LogP contribution >= 0.6 is 0 Å². The van der Waals surface area contributed by atoms with Crippen LogP contribution in [0.5, 0.6) is 0 Å². The minimum atomic E-state index is -4.60. The lowest BCUT2D eigenvalue weighted by atomic mass is 9.78. The zero-order valence-corrected chi connectivity index (χ0v) is 16.5. The Morgan fingerprint density at radius 2 is 1.71 bits per heavy atom. The number of hydrogen-bond donors (Lipinski definition) is 1. The Morgan fingerprint density at radius 1 is 1.03 bits per heavy atom. The first-order valence-electron chi connectivity index (χ1n) is 9.80. The fourth-order valence-electron chi connectivity index (χ4n) is 4.20. The molecule has 5 nitrogen and oxygen atoms in total. The highest BCUT2D eigenvalue weighted by Crippen LogP contribution is 2.40. The first-order valence-corrected chi connectivity index (χ1v) is 9.80. The fraction of sp³-hybridized carbons (Fsp3) is 0.261. The van der Waals surface area contributed by atoms with E-state index in [1.165, 1.54) is 42.5 Å². The summed E-state index contributed by atoms with van der Waals surface area (Å²) >= 11 is 0. The molecule has 8 heteroatoms. The lowest BCUT2D eigenvalue weighted by Crippen LogP contribution is -2.31. The Bertz CT molecular complexity index is 1080. The monoisotopic (exact) mass is 428 g/mol. The first kappa shape index (κ1) is 20.8. The van der Waals surface area contributed by atoms with Crippen molar-refractivity contribution in [2.75, 3.05) is 10.2 Å². The van der Waals surface area contributed by atoms with Crippen LogP contribution < -0.4 is 10.2 Å². The summed E-state index contributed by atoms with van der Waals surface area (Å²) in [5.74, 6) is -2.12. The van der Waals surface area contributed by atoms with Crippen LogP contribution in [0.1, 0.15) is 29.3 Å². The number of carbonyl (C=O) groups is 3. The SMILES string of the molecule is C[C@@H]1C=CC[C@@H]2C(=O)N(c3ccc(C(=O)Nc4ccccc4C(F)(F)F)cc3)C(=O)[C@@H]12. The number of fused-ring (bicyclic) bond motifs is 1. The number of nitrogens with one attached hydrogen (secondary N) is 1. The summed E-state index contributed by atoms with van der Waals surface area (Å²) in [6.45, 7) is 1.90. The summed E-state index contributed by atoms with van der Waals surface area (Å²) in [5, 5.41) is 2.27. The van der Waals surface area contributed by atoms with Crippen molar-refractivity contribution in [2.45, 2.75) is 19.5 Å². The number of imide groups is 1. The van der Waals surface area contributed by atoms with Gasteiger partial charge in [-0.3, -0.25) is 19.3 Å². The topological polar surface area (TPSA) is 66.5 Å². The van der Waals surface area contributed by atoms with E-state index in [2.05, 4.69) is 5.32 Å². The van der Waals surface area contributed by atoms with E-state index in [1.807, 2.05) is 19.1 Å². The Labute approximate surface area is 176 Å². The van der Waals surface area contributed by atoms with Gasteiger partial charge < -0.3 is 5.32 Å². The zero-order chi connectivity index (χ0) is 22.3. The number of para-hydroxylation sites is 1. The standard InChI is InChI=1S/C23H19F3N2O3/c1-13-5-4-6-16-19(13)22(31)28(21(16)30)15-11-9-14(10-12-15)20(29)27-18-8-3-2-7-17(18)23(24,25)26/h2-5,7-13,16,19H,6H2,1H3,(H,27,29)/t13-,16+,19+/m1/s1. The molecule has 1 aliphatic carbocycles. The molecule has 31 heavy (non-hydrogen) atoms. The lowest BCUT2D eigenvalue weighted by Gasteiger charge is -2.22. The summed E-state index contributed by atoms with van der Waals surface area (Å²) in [6.07, 6.45) is -0.253. The molecule has 0 aromatic heterocycles. The van der Waals surface area contributed by atoms with Crippen LogP contribution in [-0.4, -0.2) is 17.7 Å². The summed E-state index contributed by atoms with van der Waals surface area (Å²) < 4.78 is 39.4. The van der Waals surface area contributed by atoms with Gasteiger partial charge in [0.15, 0.2) is 0 Å². The van der Waals surface area contributed by atoms with E-state index in [9.17, 15) is 27.6 Å². The molecule has 2 aromatic rings. The molecule has 0 radical (unpaired) electrons. The lowest BCUT2D eigenvalue weighted by molar-refractivity contribution is -0.137. The maximum absolute atomic E-state index is 13.1. The van der Waals surface area contributed by atoms with Gasteiger partial charge in [-0.1, -0.05) is 31.2 Å². The van der Waals surface area contributed by atoms with Gasteiger partial charge in [-0.25, -0.2) is 0 Å². The highest BCUT2D eigenvalue weighted by molar-refractivity contribution is 6.22. The van der Waals surface area contributed by atoms with Gasteiger partial charge in [-0.2, -0.15) is 13.2 Å². The van der Waals surface area contributed by atoms with Crippen molar-refractivity contribution in [1.29, 1.82) is 0 Å². The summed E-state index contributed by atoms with van der Waals surface area (Å²) in [4.78, 5) is 39.2. The number of halogens is 3. The molecule has 1 saturated heterocycles. The van der Waals surface area contributed by atoms with Crippen LogP contribution in [0, 0.1) is 17.8 Å². The van der Waals surface area contributed by atoms with Crippen LogP contribution in [0.25, 0.3) is 0 Å². The van der Waals surface area contributed by atoms with Crippen LogP contribution in [0.15, 0.2) is 60.7 Å². The Hall–Kier alpha value is -3.42. The molecule has 0 saturated carbocycles. The van der Waals surface area contributed by atoms with Crippen molar-refractivity contribution in [2.24, 2.45) is 17.8 Å². The summed E-state index contributed by atoms with van der Waals surface area (Å²) in [7, 11) is 0. The van der Waals surface area contributed by atoms with Crippen molar-refractivity contribution in [3.8, 4) is 0 Å². The molecule has 1 aliphatic heterocycles. The zero-order valence-electron chi connectivity index (χ0n) is 16.5. The molecule has 3 atom stereocenters. The third-order valence-electron chi connectivity index (χ3n) is 5.74. The van der Waals surface area contributed by atoms with Gasteiger partial charge in [0.1, 0.15) is 0 Å². The molecule has 2 aromatic carbocycles. The van der Waals surface area contributed by atoms with E-state index < -0.39 is 29.5 Å². The normalized spacial score (nSPS) is 23.1. The molecular formula is C23H19F3N2O3. The van der Waals surface area contributed by atoms with Crippen LogP contribution in [0.4, 0.5) is 24.5 Å². The minimum absolute atomic E-state index is 0.0426. The van der Waals surface area contributed by atoms with E-state index in [4.69, 9.17) is 0 Å². The predicted octanol–water partition coefficient (Wildman–Crippen LogP) is 4.66. The molecular weight excluding hydrogens is 409 g/mol. The number of amides is 3. The predicted molar refractivity (Wildman–Crippen MR) is 108 cm³/mol. The van der Waals surface area contributed by atoms with Gasteiger partial charge in [0.25, 0.3) is 5.91 Å². The van der Waals surface area contributed by atoms with Gasteiger partial charge in [0.2, 0.25) is 11.8 Å². The second kappa shape index (κ2) is 7.68. The van der Waals surface area contributed by atoms with Gasteiger partial charge in [-0.05, 0) is 48.7 Å². The molecule has 0 bridgehead atoms. The van der Waals surface area contributed by atoms with Gasteiger partial charge >= 0.3 is 6.18 Å². The van der Waals surface area contributed by atoms with Crippen molar-refractivity contribution >= 4 is 29.1 Å². The highest BCUT2D eigenvalue weighted by Gasteiger charge is 2.50. The quantitative estimate of drug-likeness (QED) is 0.571. The average Bonchev–Trinajstić information content (AvgIpc) is 2.99. The third kappa shape index (κ3) is 3.73. The Morgan fingerprint density at radius 3 is 2.35 bits per heavy atom. The maximum Gasteiger partial charge on any atom is 0.418 e. The van der Waals surface area contributed by atoms with Crippen LogP contribution in [-0.2, 0) is 15.8 Å². The van der Waals surface area contributed by atoms with E-state index in [1.54, 1.807) is 0 Å². The molecule has 1 fully saturated rings. The number of rotatable bonds is 3. The Balaban J connectivity index is 1.54. The molecule has 0 unspecified atom stereocenters. The van der Waals surface area contributed by atoms with Crippen molar-refractivity contribution in [3.05, 3.63) is 71.8 Å². The second-order valence-electron chi connectivity index (χ2n) is 7.71. The van der Waals surface area contributed by atoms with E-state index in [0.29, 0.717) is 12.1 Å². The highest BCUT2D eigenvalue weighted by atomic mass is 19.4. The second-order valence-corrected chi connectivity index (χ2v) is 7.71. The van der Waals surface area contributed by atoms with Gasteiger partial charge in [0.05, 0.1) is 28.8 Å².